The number of amides is 1. The van der Waals surface area contributed by atoms with Crippen LogP contribution in [0.2, 0.25) is 0 Å². The Morgan fingerprint density at radius 3 is 2.71 bits per heavy atom. The van der Waals surface area contributed by atoms with Crippen molar-refractivity contribution in [2.45, 2.75) is 38.1 Å². The Balaban J connectivity index is 1.51. The first-order valence-corrected chi connectivity index (χ1v) is 9.65. The van der Waals surface area contributed by atoms with Crippen molar-refractivity contribution >= 4 is 5.91 Å². The van der Waals surface area contributed by atoms with Crippen LogP contribution in [0.15, 0.2) is 55.0 Å². The molecule has 0 spiro atoms. The highest BCUT2D eigenvalue weighted by atomic mass is 16.5. The van der Waals surface area contributed by atoms with Crippen molar-refractivity contribution in [1.82, 2.24) is 20.1 Å². The van der Waals surface area contributed by atoms with Crippen LogP contribution in [0.1, 0.15) is 47.3 Å². The second-order valence-corrected chi connectivity index (χ2v) is 7.13. The molecule has 1 saturated carbocycles. The molecule has 0 unspecified atom stereocenters. The Morgan fingerprint density at radius 2 is 2.04 bits per heavy atom. The summed E-state index contributed by atoms with van der Waals surface area (Å²) in [6, 6.07) is 12.2. The third kappa shape index (κ3) is 4.06. The quantitative estimate of drug-likeness (QED) is 0.714. The maximum absolute atomic E-state index is 12.6. The van der Waals surface area contributed by atoms with E-state index < -0.39 is 0 Å². The van der Waals surface area contributed by atoms with E-state index in [1.807, 2.05) is 35.1 Å². The number of hydrogen-bond donors (Lipinski definition) is 1. The molecule has 28 heavy (non-hydrogen) atoms. The molecule has 1 amide bonds. The molecule has 4 rings (SSSR count). The van der Waals surface area contributed by atoms with E-state index in [1.54, 1.807) is 19.5 Å². The van der Waals surface area contributed by atoms with E-state index in [1.165, 1.54) is 12.8 Å². The van der Waals surface area contributed by atoms with E-state index in [0.29, 0.717) is 17.9 Å². The minimum absolute atomic E-state index is 0.107. The van der Waals surface area contributed by atoms with Crippen molar-refractivity contribution < 1.29 is 9.53 Å². The molecule has 6 nitrogen and oxygen atoms in total. The minimum atomic E-state index is -0.107. The number of carbonyl (C=O) groups excluding carboxylic acids is 1. The third-order valence-corrected chi connectivity index (χ3v) is 5.19. The molecule has 0 saturated heterocycles. The van der Waals surface area contributed by atoms with E-state index in [9.17, 15) is 4.79 Å². The van der Waals surface area contributed by atoms with Crippen LogP contribution in [0.25, 0.3) is 5.69 Å². The van der Waals surface area contributed by atoms with E-state index in [0.717, 1.165) is 29.7 Å². The fraction of sp³-hybridized carbons (Fsp3) is 0.318. The molecule has 2 heterocycles. The summed E-state index contributed by atoms with van der Waals surface area (Å²) in [7, 11) is 1.62. The lowest BCUT2D eigenvalue weighted by atomic mass is 10.0. The highest BCUT2D eigenvalue weighted by Gasteiger charge is 2.19. The van der Waals surface area contributed by atoms with E-state index in [4.69, 9.17) is 4.74 Å². The number of hydrogen-bond acceptors (Lipinski definition) is 4. The lowest BCUT2D eigenvalue weighted by Gasteiger charge is -2.14. The number of aromatic nitrogens is 3. The smallest absolute Gasteiger partial charge is 0.270 e. The minimum Gasteiger partial charge on any atom is -0.495 e. The van der Waals surface area contributed by atoms with Gasteiger partial charge in [-0.05, 0) is 42.7 Å². The van der Waals surface area contributed by atoms with Crippen LogP contribution >= 0.6 is 0 Å². The maximum Gasteiger partial charge on any atom is 0.270 e. The topological polar surface area (TPSA) is 69.0 Å². The second kappa shape index (κ2) is 8.25. The van der Waals surface area contributed by atoms with Gasteiger partial charge in [-0.2, -0.15) is 5.10 Å². The maximum atomic E-state index is 12.6. The SMILES string of the molecule is COc1cnc(C(=O)NC2CCCC2)cc1Cc1ccc(-n2cccn2)cc1. The van der Waals surface area contributed by atoms with E-state index in [2.05, 4.69) is 27.5 Å². The molecule has 1 aliphatic carbocycles. The van der Waals surface area contributed by atoms with Gasteiger partial charge in [0, 0.05) is 30.4 Å². The predicted molar refractivity (Wildman–Crippen MR) is 107 cm³/mol. The van der Waals surface area contributed by atoms with Gasteiger partial charge in [-0.3, -0.25) is 4.79 Å². The zero-order chi connectivity index (χ0) is 19.3. The van der Waals surface area contributed by atoms with E-state index in [-0.39, 0.29) is 11.9 Å². The van der Waals surface area contributed by atoms with Crippen molar-refractivity contribution in [3.05, 3.63) is 71.8 Å². The lowest BCUT2D eigenvalue weighted by Crippen LogP contribution is -2.33. The van der Waals surface area contributed by atoms with Crippen LogP contribution in [0.3, 0.4) is 0 Å². The molecule has 6 heteroatoms. The average molecular weight is 376 g/mol. The Hall–Kier alpha value is -3.15. The fourth-order valence-corrected chi connectivity index (χ4v) is 3.67. The van der Waals surface area contributed by atoms with Crippen molar-refractivity contribution in [2.75, 3.05) is 7.11 Å². The molecule has 1 N–H and O–H groups in total. The van der Waals surface area contributed by atoms with Crippen molar-refractivity contribution in [3.63, 3.8) is 0 Å². The summed E-state index contributed by atoms with van der Waals surface area (Å²) in [4.78, 5) is 16.8. The van der Waals surface area contributed by atoms with Gasteiger partial charge in [0.15, 0.2) is 0 Å². The van der Waals surface area contributed by atoms with Gasteiger partial charge in [-0.25, -0.2) is 9.67 Å². The van der Waals surface area contributed by atoms with Crippen molar-refractivity contribution in [1.29, 1.82) is 0 Å². The molecule has 1 aromatic carbocycles. The number of rotatable bonds is 6. The van der Waals surface area contributed by atoms with Gasteiger partial charge in [-0.1, -0.05) is 25.0 Å². The van der Waals surface area contributed by atoms with Gasteiger partial charge in [0.05, 0.1) is 19.0 Å². The molecule has 2 aromatic heterocycles. The summed E-state index contributed by atoms with van der Waals surface area (Å²) in [5.74, 6) is 0.582. The number of nitrogens with one attached hydrogen (secondary N) is 1. The number of methoxy groups -OCH3 is 1. The number of pyridine rings is 1. The van der Waals surface area contributed by atoms with Crippen molar-refractivity contribution in [3.8, 4) is 11.4 Å². The largest absolute Gasteiger partial charge is 0.495 e. The number of ether oxygens (including phenoxy) is 1. The molecule has 1 aliphatic rings. The summed E-state index contributed by atoms with van der Waals surface area (Å²) < 4.78 is 7.28. The molecule has 144 valence electrons. The summed E-state index contributed by atoms with van der Waals surface area (Å²) in [5, 5.41) is 7.34. The summed E-state index contributed by atoms with van der Waals surface area (Å²) >= 11 is 0. The van der Waals surface area contributed by atoms with Crippen LogP contribution in [0.5, 0.6) is 5.75 Å². The fourth-order valence-electron chi connectivity index (χ4n) is 3.67. The number of nitrogens with zero attached hydrogens (tertiary/aromatic N) is 3. The van der Waals surface area contributed by atoms with E-state index >= 15 is 0 Å². The van der Waals surface area contributed by atoms with Crippen LogP contribution in [-0.4, -0.2) is 33.8 Å². The Kier molecular flexibility index (Phi) is 5.37. The monoisotopic (exact) mass is 376 g/mol. The van der Waals surface area contributed by atoms with Gasteiger partial charge < -0.3 is 10.1 Å². The molecule has 0 atom stereocenters. The lowest BCUT2D eigenvalue weighted by molar-refractivity contribution is 0.0932. The summed E-state index contributed by atoms with van der Waals surface area (Å²) in [5.41, 5.74) is 3.52. The average Bonchev–Trinajstić information content (AvgIpc) is 3.43. The Morgan fingerprint density at radius 1 is 1.25 bits per heavy atom. The summed E-state index contributed by atoms with van der Waals surface area (Å²) in [6.07, 6.45) is 10.4. The first kappa shape index (κ1) is 18.2. The molecule has 0 radical (unpaired) electrons. The Bertz CT molecular complexity index is 930. The molecular weight excluding hydrogens is 352 g/mol. The molecule has 3 aromatic rings. The van der Waals surface area contributed by atoms with Crippen molar-refractivity contribution in [2.24, 2.45) is 0 Å². The standard InChI is InChI=1S/C22H24N4O2/c1-28-21-15-23-20(22(27)25-18-5-2-3-6-18)14-17(21)13-16-7-9-19(10-8-16)26-12-4-11-24-26/h4,7-12,14-15,18H,2-3,5-6,13H2,1H3,(H,25,27). The zero-order valence-electron chi connectivity index (χ0n) is 16.0. The molecular formula is C22H24N4O2. The predicted octanol–water partition coefficient (Wildman–Crippen LogP) is 3.54. The van der Waals surface area contributed by atoms with Gasteiger partial charge in [0.25, 0.3) is 5.91 Å². The van der Waals surface area contributed by atoms with Crippen LogP contribution in [0.4, 0.5) is 0 Å². The van der Waals surface area contributed by atoms with Gasteiger partial charge >= 0.3 is 0 Å². The van der Waals surface area contributed by atoms with Gasteiger partial charge in [0.2, 0.25) is 0 Å². The van der Waals surface area contributed by atoms with Crippen LogP contribution < -0.4 is 10.1 Å². The molecule has 0 aliphatic heterocycles. The molecule has 1 fully saturated rings. The second-order valence-electron chi connectivity index (χ2n) is 7.13. The van der Waals surface area contributed by atoms with Gasteiger partial charge in [-0.15, -0.1) is 0 Å². The first-order chi connectivity index (χ1) is 13.7. The first-order valence-electron chi connectivity index (χ1n) is 9.65. The van der Waals surface area contributed by atoms with Crippen LogP contribution in [0, 0.1) is 0 Å². The zero-order valence-corrected chi connectivity index (χ0v) is 16.0. The van der Waals surface area contributed by atoms with Crippen LogP contribution in [-0.2, 0) is 6.42 Å². The highest BCUT2D eigenvalue weighted by molar-refractivity contribution is 5.92. The number of carbonyl (C=O) groups is 1. The summed E-state index contributed by atoms with van der Waals surface area (Å²) in [6.45, 7) is 0. The van der Waals surface area contributed by atoms with Gasteiger partial charge in [0.1, 0.15) is 11.4 Å². The Labute approximate surface area is 164 Å². The normalized spacial score (nSPS) is 14.2. The third-order valence-electron chi connectivity index (χ3n) is 5.19. The number of benzene rings is 1. The molecule has 0 bridgehead atoms. The highest BCUT2D eigenvalue weighted by Crippen LogP contribution is 2.23.